The molecule has 0 saturated heterocycles. The topological polar surface area (TPSA) is 74.3 Å². The van der Waals surface area contributed by atoms with E-state index in [1.807, 2.05) is 12.1 Å². The van der Waals surface area contributed by atoms with E-state index >= 15 is 0 Å². The van der Waals surface area contributed by atoms with Gasteiger partial charge in [-0.15, -0.1) is 0 Å². The van der Waals surface area contributed by atoms with Crippen molar-refractivity contribution in [3.8, 4) is 17.2 Å². The molecule has 154 valence electrons. The summed E-state index contributed by atoms with van der Waals surface area (Å²) in [5.74, 6) is 1.56. The first kappa shape index (κ1) is 20.5. The number of hydrogen-bond acceptors (Lipinski definition) is 6. The van der Waals surface area contributed by atoms with Crippen LogP contribution in [0.25, 0.3) is 0 Å². The molecule has 0 unspecified atom stereocenters. The number of benzene rings is 2. The van der Waals surface area contributed by atoms with Crippen LogP contribution in [0.15, 0.2) is 36.4 Å². The van der Waals surface area contributed by atoms with Crippen molar-refractivity contribution >= 4 is 11.9 Å². The van der Waals surface area contributed by atoms with Gasteiger partial charge in [0.05, 0.1) is 27.8 Å². The van der Waals surface area contributed by atoms with E-state index in [4.69, 9.17) is 14.2 Å². The largest absolute Gasteiger partial charge is 0.493 e. The van der Waals surface area contributed by atoms with Gasteiger partial charge in [0.25, 0.3) is 5.91 Å². The number of esters is 1. The molecule has 0 radical (unpaired) electrons. The highest BCUT2D eigenvalue weighted by Crippen LogP contribution is 2.33. The normalized spacial score (nSPS) is 12.7. The summed E-state index contributed by atoms with van der Waals surface area (Å²) in [6, 6.07) is 11.0. The second kappa shape index (κ2) is 9.32. The minimum atomic E-state index is -0.298. The Morgan fingerprint density at radius 1 is 0.966 bits per heavy atom. The van der Waals surface area contributed by atoms with Gasteiger partial charge in [0.2, 0.25) is 0 Å². The quantitative estimate of drug-likeness (QED) is 0.666. The number of ether oxygens (including phenoxy) is 4. The molecule has 0 spiro atoms. The highest BCUT2D eigenvalue weighted by atomic mass is 16.5. The summed E-state index contributed by atoms with van der Waals surface area (Å²) in [7, 11) is 4.57. The van der Waals surface area contributed by atoms with Crippen LogP contribution in [0.5, 0.6) is 17.2 Å². The summed E-state index contributed by atoms with van der Waals surface area (Å²) in [6.45, 7) is 1.09. The Balaban J connectivity index is 1.57. The lowest BCUT2D eigenvalue weighted by Crippen LogP contribution is -2.38. The van der Waals surface area contributed by atoms with Crippen LogP contribution in [0.3, 0.4) is 0 Å². The average Bonchev–Trinajstić information content (AvgIpc) is 2.76. The van der Waals surface area contributed by atoms with Gasteiger partial charge < -0.3 is 23.8 Å². The van der Waals surface area contributed by atoms with Crippen LogP contribution >= 0.6 is 0 Å². The molecule has 0 atom stereocenters. The number of fused-ring (bicyclic) bond motifs is 1. The molecular formula is C22H25NO6. The van der Waals surface area contributed by atoms with E-state index in [0.717, 1.165) is 23.1 Å². The van der Waals surface area contributed by atoms with Gasteiger partial charge in [0.1, 0.15) is 5.75 Å². The second-order valence-corrected chi connectivity index (χ2v) is 6.73. The van der Waals surface area contributed by atoms with E-state index in [0.29, 0.717) is 30.3 Å². The predicted octanol–water partition coefficient (Wildman–Crippen LogP) is 2.38. The Morgan fingerprint density at radius 3 is 2.24 bits per heavy atom. The molecule has 7 nitrogen and oxygen atoms in total. The minimum absolute atomic E-state index is 0.0427. The predicted molar refractivity (Wildman–Crippen MR) is 106 cm³/mol. The zero-order chi connectivity index (χ0) is 20.8. The number of carbonyl (C=O) groups excluding carboxylic acids is 2. The van der Waals surface area contributed by atoms with Gasteiger partial charge >= 0.3 is 5.97 Å². The lowest BCUT2D eigenvalue weighted by molar-refractivity contribution is -0.139. The third-order valence-electron chi connectivity index (χ3n) is 4.93. The van der Waals surface area contributed by atoms with Crippen molar-refractivity contribution in [2.45, 2.75) is 19.4 Å². The Labute approximate surface area is 170 Å². The third kappa shape index (κ3) is 4.99. The van der Waals surface area contributed by atoms with Crippen LogP contribution in [-0.2, 0) is 33.7 Å². The molecule has 2 aromatic carbocycles. The summed E-state index contributed by atoms with van der Waals surface area (Å²) >= 11 is 0. The number of nitrogens with zero attached hydrogens (tertiary/aromatic N) is 1. The Kier molecular flexibility index (Phi) is 6.59. The lowest BCUT2D eigenvalue weighted by Gasteiger charge is -2.29. The molecule has 29 heavy (non-hydrogen) atoms. The van der Waals surface area contributed by atoms with Crippen molar-refractivity contribution in [3.63, 3.8) is 0 Å². The van der Waals surface area contributed by atoms with E-state index in [1.54, 1.807) is 43.4 Å². The van der Waals surface area contributed by atoms with E-state index in [9.17, 15) is 9.59 Å². The van der Waals surface area contributed by atoms with Crippen molar-refractivity contribution in [1.29, 1.82) is 0 Å². The first-order valence-electron chi connectivity index (χ1n) is 9.34. The molecule has 1 aliphatic heterocycles. The summed E-state index contributed by atoms with van der Waals surface area (Å²) in [5.41, 5.74) is 3.04. The maximum atomic E-state index is 12.6. The van der Waals surface area contributed by atoms with E-state index in [2.05, 4.69) is 4.74 Å². The molecule has 1 aliphatic rings. The van der Waals surface area contributed by atoms with Crippen LogP contribution < -0.4 is 14.2 Å². The summed E-state index contributed by atoms with van der Waals surface area (Å²) in [6.07, 6.45) is 0.959. The second-order valence-electron chi connectivity index (χ2n) is 6.73. The Hall–Kier alpha value is -3.22. The van der Waals surface area contributed by atoms with Gasteiger partial charge in [0, 0.05) is 13.1 Å². The molecule has 3 rings (SSSR count). The number of carbonyl (C=O) groups is 2. The average molecular weight is 399 g/mol. The minimum Gasteiger partial charge on any atom is -0.493 e. The zero-order valence-electron chi connectivity index (χ0n) is 16.9. The molecule has 0 fully saturated rings. The van der Waals surface area contributed by atoms with Gasteiger partial charge in [-0.05, 0) is 47.4 Å². The maximum Gasteiger partial charge on any atom is 0.309 e. The third-order valence-corrected chi connectivity index (χ3v) is 4.93. The fourth-order valence-corrected chi connectivity index (χ4v) is 3.27. The lowest BCUT2D eigenvalue weighted by atomic mass is 9.99. The molecule has 0 aromatic heterocycles. The summed E-state index contributed by atoms with van der Waals surface area (Å²) < 4.78 is 21.0. The summed E-state index contributed by atoms with van der Waals surface area (Å²) in [5, 5.41) is 0. The van der Waals surface area contributed by atoms with Crippen LogP contribution in [0.2, 0.25) is 0 Å². The Morgan fingerprint density at radius 2 is 1.62 bits per heavy atom. The Bertz CT molecular complexity index is 878. The van der Waals surface area contributed by atoms with Gasteiger partial charge in [-0.1, -0.05) is 12.1 Å². The van der Waals surface area contributed by atoms with Gasteiger partial charge in [-0.2, -0.15) is 0 Å². The highest BCUT2D eigenvalue weighted by molar-refractivity contribution is 5.78. The zero-order valence-corrected chi connectivity index (χ0v) is 16.9. The van der Waals surface area contributed by atoms with Crippen LogP contribution in [0.4, 0.5) is 0 Å². The molecule has 0 N–H and O–H groups in total. The van der Waals surface area contributed by atoms with E-state index < -0.39 is 0 Å². The molecular weight excluding hydrogens is 374 g/mol. The van der Waals surface area contributed by atoms with Crippen molar-refractivity contribution in [1.82, 2.24) is 4.90 Å². The molecule has 2 aromatic rings. The number of methoxy groups -OCH3 is 3. The molecule has 0 aliphatic carbocycles. The van der Waals surface area contributed by atoms with Crippen molar-refractivity contribution in [2.75, 3.05) is 34.5 Å². The SMILES string of the molecule is COC(=O)Cc1ccc(OCC(=O)N2CCc3cc(OC)c(OC)cc3C2)cc1. The van der Waals surface area contributed by atoms with Crippen LogP contribution in [0, 0.1) is 0 Å². The molecule has 0 bridgehead atoms. The van der Waals surface area contributed by atoms with E-state index in [-0.39, 0.29) is 24.9 Å². The molecule has 0 saturated carbocycles. The molecule has 1 amide bonds. The monoisotopic (exact) mass is 399 g/mol. The standard InChI is InChI=1S/C22H25NO6/c1-26-19-11-16-8-9-23(13-17(16)12-20(19)27-2)21(24)14-29-18-6-4-15(5-7-18)10-22(25)28-3/h4-7,11-12H,8-10,13-14H2,1-3H3. The number of rotatable bonds is 7. The van der Waals surface area contributed by atoms with Crippen molar-refractivity contribution < 1.29 is 28.5 Å². The van der Waals surface area contributed by atoms with Gasteiger partial charge in [-0.3, -0.25) is 9.59 Å². The fraction of sp³-hybridized carbons (Fsp3) is 0.364. The van der Waals surface area contributed by atoms with Gasteiger partial charge in [0.15, 0.2) is 18.1 Å². The smallest absolute Gasteiger partial charge is 0.309 e. The maximum absolute atomic E-state index is 12.6. The van der Waals surface area contributed by atoms with Crippen molar-refractivity contribution in [3.05, 3.63) is 53.1 Å². The summed E-state index contributed by atoms with van der Waals surface area (Å²) in [4.78, 5) is 25.7. The first-order chi connectivity index (χ1) is 14.0. The first-order valence-corrected chi connectivity index (χ1v) is 9.34. The van der Waals surface area contributed by atoms with Crippen LogP contribution in [-0.4, -0.2) is 51.3 Å². The van der Waals surface area contributed by atoms with Crippen molar-refractivity contribution in [2.24, 2.45) is 0 Å². The van der Waals surface area contributed by atoms with Gasteiger partial charge in [-0.25, -0.2) is 0 Å². The van der Waals surface area contributed by atoms with Crippen LogP contribution in [0.1, 0.15) is 16.7 Å². The fourth-order valence-electron chi connectivity index (χ4n) is 3.27. The number of hydrogen-bond donors (Lipinski definition) is 0. The molecule has 1 heterocycles. The molecule has 7 heteroatoms. The highest BCUT2D eigenvalue weighted by Gasteiger charge is 2.23. The van der Waals surface area contributed by atoms with E-state index in [1.165, 1.54) is 7.11 Å². The number of amides is 1.